The monoisotopic (exact) mass is 406 g/mol. The second-order valence-corrected chi connectivity index (χ2v) is 14.0. The Balaban J connectivity index is 2.01. The topological polar surface area (TPSA) is 26.3 Å². The second kappa shape index (κ2) is 8.41. The van der Waals surface area contributed by atoms with Crippen molar-refractivity contribution in [2.24, 2.45) is 11.3 Å². The molecule has 0 N–H and O–H groups in total. The van der Waals surface area contributed by atoms with E-state index in [2.05, 4.69) is 101 Å². The Hall–Kier alpha value is -1.97. The number of allylic oxidation sites excluding steroid dienone is 1. The zero-order valence-corrected chi connectivity index (χ0v) is 19.4. The smallest absolute Gasteiger partial charge is 0.261 e. The van der Waals surface area contributed by atoms with Crippen molar-refractivity contribution in [3.05, 3.63) is 72.3 Å². The molecule has 2 aromatic carbocycles. The van der Waals surface area contributed by atoms with E-state index in [1.807, 2.05) is 0 Å². The molecule has 0 unspecified atom stereocenters. The van der Waals surface area contributed by atoms with Crippen molar-refractivity contribution in [2.45, 2.75) is 52.5 Å². The molecule has 29 heavy (non-hydrogen) atoms. The van der Waals surface area contributed by atoms with Crippen LogP contribution < -0.4 is 10.4 Å². The van der Waals surface area contributed by atoms with Crippen LogP contribution in [0.4, 0.5) is 0 Å². The van der Waals surface area contributed by atoms with Crippen LogP contribution in [0.2, 0.25) is 5.04 Å². The molecule has 2 aromatic rings. The van der Waals surface area contributed by atoms with Gasteiger partial charge in [0.15, 0.2) is 0 Å². The standard InChI is InChI=1S/C26H34O2Si/c1-21-18-22(16-17-26(21,5)20-27)19-28-29(25(2,3)4,23-12-8-6-9-13-23)24-14-10-7-11-15-24/h6-15,18,20-21H,16-17,19H2,1-5H3/t21-,26+/m1/s1. The first-order chi connectivity index (χ1) is 13.7. The summed E-state index contributed by atoms with van der Waals surface area (Å²) in [5, 5.41) is 2.59. The van der Waals surface area contributed by atoms with E-state index in [-0.39, 0.29) is 16.4 Å². The quantitative estimate of drug-likeness (QED) is 0.378. The van der Waals surface area contributed by atoms with E-state index in [4.69, 9.17) is 4.43 Å². The molecule has 0 saturated heterocycles. The Bertz CT molecular complexity index is 812. The summed E-state index contributed by atoms with van der Waals surface area (Å²) in [6, 6.07) is 21.5. The van der Waals surface area contributed by atoms with E-state index < -0.39 is 8.32 Å². The van der Waals surface area contributed by atoms with Gasteiger partial charge in [0.1, 0.15) is 6.29 Å². The summed E-state index contributed by atoms with van der Waals surface area (Å²) >= 11 is 0. The van der Waals surface area contributed by atoms with Crippen LogP contribution in [0.25, 0.3) is 0 Å². The second-order valence-electron chi connectivity index (χ2n) is 9.69. The van der Waals surface area contributed by atoms with Gasteiger partial charge in [-0.25, -0.2) is 0 Å². The maximum Gasteiger partial charge on any atom is 0.261 e. The van der Waals surface area contributed by atoms with Crippen molar-refractivity contribution in [1.29, 1.82) is 0 Å². The summed E-state index contributed by atoms with van der Waals surface area (Å²) in [7, 11) is -2.51. The third-order valence-electron chi connectivity index (χ3n) is 6.67. The molecular formula is C26H34O2Si. The molecule has 2 nitrogen and oxygen atoms in total. The fourth-order valence-corrected chi connectivity index (χ4v) is 9.09. The molecule has 0 spiro atoms. The molecule has 1 aliphatic carbocycles. The molecule has 0 saturated carbocycles. The lowest BCUT2D eigenvalue weighted by Crippen LogP contribution is -2.66. The third-order valence-corrected chi connectivity index (χ3v) is 11.7. The number of carbonyl (C=O) groups is 1. The Labute approximate surface area is 177 Å². The van der Waals surface area contributed by atoms with Crippen LogP contribution in [0.1, 0.15) is 47.5 Å². The van der Waals surface area contributed by atoms with Crippen LogP contribution in [0.3, 0.4) is 0 Å². The van der Waals surface area contributed by atoms with E-state index in [0.717, 1.165) is 19.1 Å². The summed E-state index contributed by atoms with van der Waals surface area (Å²) in [5.74, 6) is 0.242. The van der Waals surface area contributed by atoms with Gasteiger partial charge < -0.3 is 9.22 Å². The SMILES string of the molecule is C[C@@H]1C=C(CO[Si](c2ccccc2)(c2ccccc2)C(C)(C)C)CC[C@@]1(C)C=O. The maximum absolute atomic E-state index is 11.6. The molecule has 0 radical (unpaired) electrons. The molecule has 1 aliphatic rings. The van der Waals surface area contributed by atoms with Gasteiger partial charge in [0.2, 0.25) is 0 Å². The first kappa shape index (κ1) is 21.7. The number of carbonyl (C=O) groups excluding carboxylic acids is 1. The van der Waals surface area contributed by atoms with Gasteiger partial charge in [0, 0.05) is 5.41 Å². The van der Waals surface area contributed by atoms with Gasteiger partial charge in [-0.1, -0.05) is 101 Å². The highest BCUT2D eigenvalue weighted by molar-refractivity contribution is 6.99. The molecule has 0 heterocycles. The normalized spacial score (nSPS) is 22.8. The van der Waals surface area contributed by atoms with Gasteiger partial charge in [0.25, 0.3) is 8.32 Å². The highest BCUT2D eigenvalue weighted by Crippen LogP contribution is 2.40. The molecular weight excluding hydrogens is 372 g/mol. The minimum Gasteiger partial charge on any atom is -0.403 e. The molecule has 0 amide bonds. The first-order valence-electron chi connectivity index (χ1n) is 10.6. The lowest BCUT2D eigenvalue weighted by atomic mass is 9.71. The Kier molecular flexibility index (Phi) is 6.30. The van der Waals surface area contributed by atoms with E-state index in [1.54, 1.807) is 0 Å². The molecule has 0 fully saturated rings. The summed E-state index contributed by atoms with van der Waals surface area (Å²) < 4.78 is 7.04. The number of aldehydes is 1. The van der Waals surface area contributed by atoms with Gasteiger partial charge in [-0.15, -0.1) is 0 Å². The van der Waals surface area contributed by atoms with E-state index in [0.29, 0.717) is 6.61 Å². The number of hydrogen-bond donors (Lipinski definition) is 0. The first-order valence-corrected chi connectivity index (χ1v) is 12.5. The fraction of sp³-hybridized carbons (Fsp3) is 0.423. The molecule has 3 rings (SSSR count). The van der Waals surface area contributed by atoms with E-state index in [9.17, 15) is 4.79 Å². The van der Waals surface area contributed by atoms with Crippen molar-refractivity contribution in [3.8, 4) is 0 Å². The predicted octanol–water partition coefficient (Wildman–Crippen LogP) is 5.12. The van der Waals surface area contributed by atoms with Crippen LogP contribution >= 0.6 is 0 Å². The van der Waals surface area contributed by atoms with Gasteiger partial charge in [-0.2, -0.15) is 0 Å². The predicted molar refractivity (Wildman–Crippen MR) is 124 cm³/mol. The Morgan fingerprint density at radius 2 is 1.55 bits per heavy atom. The Morgan fingerprint density at radius 1 is 1.03 bits per heavy atom. The van der Waals surface area contributed by atoms with Gasteiger partial charge in [-0.3, -0.25) is 0 Å². The van der Waals surface area contributed by atoms with Crippen LogP contribution in [0, 0.1) is 11.3 Å². The van der Waals surface area contributed by atoms with Crippen LogP contribution in [0.5, 0.6) is 0 Å². The number of benzene rings is 2. The summed E-state index contributed by atoms with van der Waals surface area (Å²) in [6.45, 7) is 11.8. The van der Waals surface area contributed by atoms with E-state index >= 15 is 0 Å². The number of hydrogen-bond acceptors (Lipinski definition) is 2. The van der Waals surface area contributed by atoms with Gasteiger partial charge >= 0.3 is 0 Å². The Morgan fingerprint density at radius 3 is 1.97 bits per heavy atom. The van der Waals surface area contributed by atoms with Crippen LogP contribution in [-0.4, -0.2) is 21.2 Å². The van der Waals surface area contributed by atoms with E-state index in [1.165, 1.54) is 15.9 Å². The third kappa shape index (κ3) is 4.17. The average molecular weight is 407 g/mol. The van der Waals surface area contributed by atoms with Crippen molar-refractivity contribution in [2.75, 3.05) is 6.61 Å². The summed E-state index contributed by atoms with van der Waals surface area (Å²) in [4.78, 5) is 11.6. The molecule has 154 valence electrons. The summed E-state index contributed by atoms with van der Waals surface area (Å²) in [6.07, 6.45) is 5.23. The largest absolute Gasteiger partial charge is 0.403 e. The van der Waals surface area contributed by atoms with Crippen molar-refractivity contribution >= 4 is 25.0 Å². The number of rotatable bonds is 6. The highest BCUT2D eigenvalue weighted by Gasteiger charge is 2.50. The van der Waals surface area contributed by atoms with Crippen molar-refractivity contribution in [3.63, 3.8) is 0 Å². The molecule has 2 atom stereocenters. The molecule has 3 heteroatoms. The lowest BCUT2D eigenvalue weighted by Gasteiger charge is -2.43. The average Bonchev–Trinajstić information content (AvgIpc) is 2.72. The minimum absolute atomic E-state index is 0.0200. The van der Waals surface area contributed by atoms with Crippen molar-refractivity contribution in [1.82, 2.24) is 0 Å². The fourth-order valence-electron chi connectivity index (χ4n) is 4.53. The lowest BCUT2D eigenvalue weighted by molar-refractivity contribution is -0.117. The minimum atomic E-state index is -2.51. The van der Waals surface area contributed by atoms with Gasteiger partial charge in [0.05, 0.1) is 6.61 Å². The molecule has 0 bridgehead atoms. The molecule has 0 aliphatic heterocycles. The van der Waals surface area contributed by atoms with Crippen LogP contribution in [0.15, 0.2) is 72.3 Å². The molecule has 0 aromatic heterocycles. The maximum atomic E-state index is 11.6. The zero-order valence-electron chi connectivity index (χ0n) is 18.4. The van der Waals surface area contributed by atoms with Crippen molar-refractivity contribution < 1.29 is 9.22 Å². The summed E-state index contributed by atoms with van der Waals surface area (Å²) in [5.41, 5.74) is 1.07. The zero-order chi connectivity index (χ0) is 21.1. The highest BCUT2D eigenvalue weighted by atomic mass is 28.4. The van der Waals surface area contributed by atoms with Gasteiger partial charge in [-0.05, 0) is 39.7 Å². The van der Waals surface area contributed by atoms with Crippen LogP contribution in [-0.2, 0) is 9.22 Å².